The van der Waals surface area contributed by atoms with E-state index in [4.69, 9.17) is 14.9 Å². The van der Waals surface area contributed by atoms with Crippen LogP contribution in [-0.2, 0) is 28.0 Å². The molecule has 176 valence electrons. The highest BCUT2D eigenvalue weighted by Crippen LogP contribution is 2.37. The Morgan fingerprint density at radius 1 is 0.829 bits per heavy atom. The molecular weight excluding hydrogens is 483 g/mol. The van der Waals surface area contributed by atoms with E-state index in [1.807, 2.05) is 18.2 Å². The van der Waals surface area contributed by atoms with Crippen LogP contribution in [-0.4, -0.2) is 13.4 Å². The fraction of sp³-hybridized carbons (Fsp3) is 0.0741. The molecule has 0 aliphatic heterocycles. The summed E-state index contributed by atoms with van der Waals surface area (Å²) < 4.78 is 42.7. The first-order chi connectivity index (χ1) is 16.9. The number of aromatic nitrogens is 1. The Morgan fingerprint density at radius 2 is 1.51 bits per heavy atom. The predicted octanol–water partition coefficient (Wildman–Crippen LogP) is 6.13. The van der Waals surface area contributed by atoms with Gasteiger partial charge in [0.1, 0.15) is 10.8 Å². The van der Waals surface area contributed by atoms with E-state index < -0.39 is 10.0 Å². The molecule has 0 aliphatic carbocycles. The van der Waals surface area contributed by atoms with Gasteiger partial charge in [0.05, 0.1) is 28.7 Å². The van der Waals surface area contributed by atoms with Crippen molar-refractivity contribution >= 4 is 32.1 Å². The molecule has 0 aliphatic rings. The summed E-state index contributed by atoms with van der Waals surface area (Å²) in [5, 5.41) is 8.32. The second kappa shape index (κ2) is 9.67. The smallest absolute Gasteiger partial charge is 0.238 e. The molecule has 4 aromatic carbocycles. The molecule has 5 rings (SSSR count). The third-order valence-electron chi connectivity index (χ3n) is 5.54. The van der Waals surface area contributed by atoms with Crippen LogP contribution in [0.5, 0.6) is 0 Å². The SMILES string of the molecule is NS(=O)(=O)c1ccc(-c2nc(COCc3ccc4ccccc4c3)sc2-c2ccc(F)cc2)cc1. The monoisotopic (exact) mass is 504 g/mol. The minimum Gasteiger partial charge on any atom is -0.370 e. The van der Waals surface area contributed by atoms with Gasteiger partial charge in [0, 0.05) is 5.56 Å². The number of fused-ring (bicyclic) bond motifs is 1. The minimum absolute atomic E-state index is 0.0266. The Bertz CT molecular complexity index is 1600. The van der Waals surface area contributed by atoms with Gasteiger partial charge in [-0.15, -0.1) is 11.3 Å². The summed E-state index contributed by atoms with van der Waals surface area (Å²) in [6.07, 6.45) is 0. The molecule has 0 atom stereocenters. The lowest BCUT2D eigenvalue weighted by Crippen LogP contribution is -2.11. The number of ether oxygens (including phenoxy) is 1. The molecule has 0 saturated heterocycles. The lowest BCUT2D eigenvalue weighted by Gasteiger charge is -2.05. The molecule has 8 heteroatoms. The molecular formula is C27H21FN2O3S2. The number of nitrogens with two attached hydrogens (primary N) is 1. The van der Waals surface area contributed by atoms with Crippen molar-refractivity contribution in [2.45, 2.75) is 18.1 Å². The third kappa shape index (κ3) is 5.31. The fourth-order valence-corrected chi connectivity index (χ4v) is 5.35. The Morgan fingerprint density at radius 3 is 2.23 bits per heavy atom. The topological polar surface area (TPSA) is 82.3 Å². The summed E-state index contributed by atoms with van der Waals surface area (Å²) in [5.74, 6) is -0.323. The van der Waals surface area contributed by atoms with Crippen molar-refractivity contribution in [3.8, 4) is 21.7 Å². The molecule has 0 bridgehead atoms. The number of rotatable bonds is 7. The molecule has 1 heterocycles. The zero-order valence-corrected chi connectivity index (χ0v) is 20.2. The standard InChI is InChI=1S/C27H21FN2O3S2/c28-23-11-7-21(8-12-23)27-26(20-9-13-24(14-10-20)35(29,31)32)30-25(34-27)17-33-16-18-5-6-19-3-1-2-4-22(19)15-18/h1-15H,16-17H2,(H2,29,31,32). The van der Waals surface area contributed by atoms with Crippen molar-refractivity contribution in [1.82, 2.24) is 4.98 Å². The minimum atomic E-state index is -3.80. The first kappa shape index (κ1) is 23.3. The Hall–Kier alpha value is -3.43. The maximum Gasteiger partial charge on any atom is 0.238 e. The number of halogens is 1. The van der Waals surface area contributed by atoms with Gasteiger partial charge >= 0.3 is 0 Å². The van der Waals surface area contributed by atoms with Crippen LogP contribution in [0.4, 0.5) is 4.39 Å². The van der Waals surface area contributed by atoms with Crippen LogP contribution in [0.3, 0.4) is 0 Å². The van der Waals surface area contributed by atoms with Gasteiger partial charge in [-0.05, 0) is 52.2 Å². The highest BCUT2D eigenvalue weighted by Gasteiger charge is 2.17. The molecule has 0 saturated carbocycles. The Labute approximate surface area is 206 Å². The molecule has 0 radical (unpaired) electrons. The fourth-order valence-electron chi connectivity index (χ4n) is 3.81. The van der Waals surface area contributed by atoms with Gasteiger partial charge in [0.25, 0.3) is 0 Å². The van der Waals surface area contributed by atoms with E-state index in [-0.39, 0.29) is 10.7 Å². The number of benzene rings is 4. The quantitative estimate of drug-likeness (QED) is 0.289. The van der Waals surface area contributed by atoms with Gasteiger partial charge in [0.2, 0.25) is 10.0 Å². The highest BCUT2D eigenvalue weighted by molar-refractivity contribution is 7.89. The van der Waals surface area contributed by atoms with Crippen molar-refractivity contribution in [1.29, 1.82) is 0 Å². The summed E-state index contributed by atoms with van der Waals surface area (Å²) in [6.45, 7) is 0.746. The van der Waals surface area contributed by atoms with Gasteiger partial charge in [-0.25, -0.2) is 22.9 Å². The molecule has 35 heavy (non-hydrogen) atoms. The lowest BCUT2D eigenvalue weighted by molar-refractivity contribution is 0.107. The zero-order valence-electron chi connectivity index (χ0n) is 18.5. The number of sulfonamides is 1. The van der Waals surface area contributed by atoms with Crippen LogP contribution in [0.25, 0.3) is 32.5 Å². The summed E-state index contributed by atoms with van der Waals surface area (Å²) >= 11 is 1.46. The number of thiazole rings is 1. The van der Waals surface area contributed by atoms with E-state index in [1.165, 1.54) is 41.0 Å². The second-order valence-corrected chi connectivity index (χ2v) is 10.7. The van der Waals surface area contributed by atoms with Crippen LogP contribution in [0.2, 0.25) is 0 Å². The van der Waals surface area contributed by atoms with E-state index in [9.17, 15) is 12.8 Å². The van der Waals surface area contributed by atoms with E-state index >= 15 is 0 Å². The van der Waals surface area contributed by atoms with Gasteiger partial charge < -0.3 is 4.74 Å². The number of hydrogen-bond donors (Lipinski definition) is 1. The van der Waals surface area contributed by atoms with E-state index in [0.29, 0.717) is 18.9 Å². The maximum absolute atomic E-state index is 13.5. The van der Waals surface area contributed by atoms with Crippen molar-refractivity contribution in [3.05, 3.63) is 107 Å². The number of hydrogen-bond acceptors (Lipinski definition) is 5. The van der Waals surface area contributed by atoms with E-state index in [1.54, 1.807) is 24.3 Å². The molecule has 2 N–H and O–H groups in total. The average molecular weight is 505 g/mol. The van der Waals surface area contributed by atoms with Gasteiger partial charge in [0.15, 0.2) is 0 Å². The molecule has 0 amide bonds. The van der Waals surface area contributed by atoms with Crippen molar-refractivity contribution in [3.63, 3.8) is 0 Å². The first-order valence-electron chi connectivity index (χ1n) is 10.8. The van der Waals surface area contributed by atoms with Crippen LogP contribution in [0.1, 0.15) is 10.6 Å². The van der Waals surface area contributed by atoms with Crippen LogP contribution in [0, 0.1) is 5.82 Å². The van der Waals surface area contributed by atoms with Crippen molar-refractivity contribution in [2.75, 3.05) is 0 Å². The summed E-state index contributed by atoms with van der Waals surface area (Å²) in [7, 11) is -3.80. The van der Waals surface area contributed by atoms with Crippen LogP contribution >= 0.6 is 11.3 Å². The molecule has 5 nitrogen and oxygen atoms in total. The zero-order chi connectivity index (χ0) is 24.4. The highest BCUT2D eigenvalue weighted by atomic mass is 32.2. The first-order valence-corrected chi connectivity index (χ1v) is 13.2. The average Bonchev–Trinajstić information content (AvgIpc) is 3.28. The van der Waals surface area contributed by atoms with Crippen LogP contribution in [0.15, 0.2) is 95.9 Å². The van der Waals surface area contributed by atoms with Crippen molar-refractivity contribution < 1.29 is 17.5 Å². The van der Waals surface area contributed by atoms with Crippen LogP contribution < -0.4 is 5.14 Å². The van der Waals surface area contributed by atoms with E-state index in [0.717, 1.165) is 32.0 Å². The largest absolute Gasteiger partial charge is 0.370 e. The van der Waals surface area contributed by atoms with Gasteiger partial charge in [-0.2, -0.15) is 0 Å². The molecule has 0 unspecified atom stereocenters. The third-order valence-corrected chi connectivity index (χ3v) is 7.55. The van der Waals surface area contributed by atoms with Crippen molar-refractivity contribution in [2.24, 2.45) is 5.14 Å². The molecule has 0 fully saturated rings. The summed E-state index contributed by atoms with van der Waals surface area (Å²) in [5.41, 5.74) is 3.29. The van der Waals surface area contributed by atoms with Gasteiger partial charge in [-0.3, -0.25) is 0 Å². The summed E-state index contributed by atoms with van der Waals surface area (Å²) in [4.78, 5) is 5.64. The Kier molecular flexibility index (Phi) is 6.44. The summed E-state index contributed by atoms with van der Waals surface area (Å²) in [6, 6.07) is 26.8. The number of nitrogens with zero attached hydrogens (tertiary/aromatic N) is 1. The molecule has 0 spiro atoms. The predicted molar refractivity (Wildman–Crippen MR) is 137 cm³/mol. The lowest BCUT2D eigenvalue weighted by atomic mass is 10.1. The Balaban J connectivity index is 1.41. The normalized spacial score (nSPS) is 11.7. The van der Waals surface area contributed by atoms with Gasteiger partial charge in [-0.1, -0.05) is 60.7 Å². The molecule has 1 aromatic heterocycles. The second-order valence-electron chi connectivity index (χ2n) is 8.04. The molecule has 5 aromatic rings. The van der Waals surface area contributed by atoms with E-state index in [2.05, 4.69) is 24.3 Å². The maximum atomic E-state index is 13.5. The number of primary sulfonamides is 1.